The Hall–Kier alpha value is -2.57. The molecule has 0 saturated carbocycles. The molecule has 6 nitrogen and oxygen atoms in total. The van der Waals surface area contributed by atoms with Crippen molar-refractivity contribution < 1.29 is 24.5 Å². The van der Waals surface area contributed by atoms with Gasteiger partial charge >= 0.3 is 5.97 Å². The topological polar surface area (TPSA) is 87.1 Å². The summed E-state index contributed by atoms with van der Waals surface area (Å²) in [4.78, 5) is 25.6. The van der Waals surface area contributed by atoms with E-state index in [0.717, 1.165) is 4.90 Å². The predicted molar refractivity (Wildman–Crippen MR) is 86.9 cm³/mol. The molecular formula is C17H14ClNO5. The zero-order valence-corrected chi connectivity index (χ0v) is 13.4. The quantitative estimate of drug-likeness (QED) is 0.827. The third-order valence-electron chi connectivity index (χ3n) is 4.00. The lowest BCUT2D eigenvalue weighted by atomic mass is 9.87. The highest BCUT2D eigenvalue weighted by atomic mass is 35.5. The minimum Gasteiger partial charge on any atom is -0.507 e. The van der Waals surface area contributed by atoms with Crippen molar-refractivity contribution in [3.05, 3.63) is 58.6 Å². The van der Waals surface area contributed by atoms with Crippen molar-refractivity contribution >= 4 is 29.2 Å². The molecule has 2 aromatic carbocycles. The van der Waals surface area contributed by atoms with Crippen molar-refractivity contribution in [1.29, 1.82) is 0 Å². The molecule has 1 unspecified atom stereocenters. The molecule has 2 N–H and O–H groups in total. The zero-order chi connectivity index (χ0) is 17.5. The summed E-state index contributed by atoms with van der Waals surface area (Å²) in [5, 5.41) is 21.6. The lowest BCUT2D eigenvalue weighted by Crippen LogP contribution is -2.43. The molecule has 1 aliphatic rings. The van der Waals surface area contributed by atoms with Gasteiger partial charge in [0.2, 0.25) is 0 Å². The number of rotatable bonds is 3. The molecule has 124 valence electrons. The first-order valence-corrected chi connectivity index (χ1v) is 7.47. The van der Waals surface area contributed by atoms with E-state index in [9.17, 15) is 19.8 Å². The number of methoxy groups -OCH3 is 1. The summed E-state index contributed by atoms with van der Waals surface area (Å²) in [6, 6.07) is 10.6. The van der Waals surface area contributed by atoms with Crippen molar-refractivity contribution in [2.45, 2.75) is 5.60 Å². The number of esters is 1. The summed E-state index contributed by atoms with van der Waals surface area (Å²) in [6.07, 6.45) is 0. The molecule has 0 saturated heterocycles. The molecule has 0 aliphatic carbocycles. The number of hydrogen-bond acceptors (Lipinski definition) is 5. The molecule has 1 aliphatic heterocycles. The highest BCUT2D eigenvalue weighted by molar-refractivity contribution is 6.30. The van der Waals surface area contributed by atoms with Crippen molar-refractivity contribution in [3.8, 4) is 5.75 Å². The van der Waals surface area contributed by atoms with Gasteiger partial charge in [0.1, 0.15) is 12.3 Å². The van der Waals surface area contributed by atoms with E-state index in [0.29, 0.717) is 5.69 Å². The number of hydrogen-bond donors (Lipinski definition) is 2. The number of para-hydroxylation sites is 1. The van der Waals surface area contributed by atoms with E-state index >= 15 is 0 Å². The van der Waals surface area contributed by atoms with Gasteiger partial charge in [0.15, 0.2) is 5.60 Å². The van der Waals surface area contributed by atoms with Gasteiger partial charge in [0.25, 0.3) is 5.91 Å². The van der Waals surface area contributed by atoms with E-state index in [1.54, 1.807) is 24.3 Å². The number of aliphatic hydroxyl groups is 1. The summed E-state index contributed by atoms with van der Waals surface area (Å²) < 4.78 is 4.61. The second-order valence-corrected chi connectivity index (χ2v) is 5.79. The second-order valence-electron chi connectivity index (χ2n) is 5.36. The van der Waals surface area contributed by atoms with Crippen molar-refractivity contribution in [2.75, 3.05) is 18.6 Å². The van der Waals surface area contributed by atoms with Crippen LogP contribution in [0.5, 0.6) is 5.75 Å². The first kappa shape index (κ1) is 16.3. The number of phenols is 1. The molecule has 0 fully saturated rings. The fraction of sp³-hybridized carbons (Fsp3) is 0.176. The van der Waals surface area contributed by atoms with Gasteiger partial charge < -0.3 is 14.9 Å². The Morgan fingerprint density at radius 1 is 1.25 bits per heavy atom. The van der Waals surface area contributed by atoms with Crippen LogP contribution < -0.4 is 4.90 Å². The standard InChI is InChI=1S/C17H14ClNO5/c1-24-15(21)9-19-13-5-3-2-4-11(13)17(23,16(19)22)12-7-6-10(18)8-14(12)20/h2-8,20,23H,9H2,1H3. The number of halogens is 1. The number of fused-ring (bicyclic) bond motifs is 1. The lowest BCUT2D eigenvalue weighted by Gasteiger charge is -2.24. The van der Waals surface area contributed by atoms with Crippen LogP contribution in [0.3, 0.4) is 0 Å². The molecule has 1 heterocycles. The minimum atomic E-state index is -2.11. The molecule has 2 aromatic rings. The Labute approximate surface area is 142 Å². The highest BCUT2D eigenvalue weighted by Crippen LogP contribution is 2.47. The average Bonchev–Trinajstić information content (AvgIpc) is 2.77. The maximum Gasteiger partial charge on any atom is 0.325 e. The first-order chi connectivity index (χ1) is 11.4. The van der Waals surface area contributed by atoms with Gasteiger partial charge in [-0.3, -0.25) is 14.5 Å². The number of anilines is 1. The van der Waals surface area contributed by atoms with Crippen molar-refractivity contribution in [1.82, 2.24) is 0 Å². The molecule has 0 aromatic heterocycles. The molecule has 1 amide bonds. The van der Waals surface area contributed by atoms with E-state index in [2.05, 4.69) is 4.74 Å². The van der Waals surface area contributed by atoms with Gasteiger partial charge in [-0.1, -0.05) is 35.9 Å². The Morgan fingerprint density at radius 2 is 1.96 bits per heavy atom. The summed E-state index contributed by atoms with van der Waals surface area (Å²) in [5.74, 6) is -1.68. The number of nitrogens with zero attached hydrogens (tertiary/aromatic N) is 1. The van der Waals surface area contributed by atoms with E-state index < -0.39 is 17.5 Å². The van der Waals surface area contributed by atoms with Crippen LogP contribution in [0, 0.1) is 0 Å². The van der Waals surface area contributed by atoms with Crippen LogP contribution in [0.25, 0.3) is 0 Å². The SMILES string of the molecule is COC(=O)CN1C(=O)C(O)(c2ccc(Cl)cc2O)c2ccccc21. The third kappa shape index (κ3) is 2.31. The van der Waals surface area contributed by atoms with Gasteiger partial charge in [0, 0.05) is 16.1 Å². The van der Waals surface area contributed by atoms with E-state index in [-0.39, 0.29) is 28.4 Å². The summed E-state index contributed by atoms with van der Waals surface area (Å²) in [6.45, 7) is -0.344. The number of aromatic hydroxyl groups is 1. The van der Waals surface area contributed by atoms with Gasteiger partial charge in [-0.15, -0.1) is 0 Å². The Bertz CT molecular complexity index is 837. The highest BCUT2D eigenvalue weighted by Gasteiger charge is 2.52. The number of ether oxygens (including phenoxy) is 1. The average molecular weight is 348 g/mol. The molecule has 7 heteroatoms. The molecular weight excluding hydrogens is 334 g/mol. The van der Waals surface area contributed by atoms with E-state index in [1.165, 1.54) is 25.3 Å². The molecule has 0 spiro atoms. The van der Waals surface area contributed by atoms with Gasteiger partial charge in [-0.25, -0.2) is 0 Å². The Morgan fingerprint density at radius 3 is 2.62 bits per heavy atom. The molecule has 0 bridgehead atoms. The number of carbonyl (C=O) groups excluding carboxylic acids is 2. The summed E-state index contributed by atoms with van der Waals surface area (Å²) >= 11 is 5.82. The number of phenolic OH excluding ortho intramolecular Hbond substituents is 1. The van der Waals surface area contributed by atoms with Crippen LogP contribution in [-0.2, 0) is 19.9 Å². The lowest BCUT2D eigenvalue weighted by molar-refractivity contribution is -0.141. The summed E-state index contributed by atoms with van der Waals surface area (Å²) in [7, 11) is 1.21. The van der Waals surface area contributed by atoms with Crippen molar-refractivity contribution in [2.24, 2.45) is 0 Å². The molecule has 0 radical (unpaired) electrons. The third-order valence-corrected chi connectivity index (χ3v) is 4.24. The van der Waals surface area contributed by atoms with Crippen molar-refractivity contribution in [3.63, 3.8) is 0 Å². The molecule has 1 atom stereocenters. The molecule has 3 rings (SSSR count). The van der Waals surface area contributed by atoms with Crippen LogP contribution in [0.1, 0.15) is 11.1 Å². The van der Waals surface area contributed by atoms with Crippen LogP contribution >= 0.6 is 11.6 Å². The predicted octanol–water partition coefficient (Wildman–Crippen LogP) is 1.80. The smallest absolute Gasteiger partial charge is 0.325 e. The van der Waals surface area contributed by atoms with Gasteiger partial charge in [-0.2, -0.15) is 0 Å². The monoisotopic (exact) mass is 347 g/mol. The summed E-state index contributed by atoms with van der Waals surface area (Å²) in [5.41, 5.74) is -1.46. The largest absolute Gasteiger partial charge is 0.507 e. The fourth-order valence-corrected chi connectivity index (χ4v) is 3.02. The number of carbonyl (C=O) groups is 2. The number of amides is 1. The Kier molecular flexibility index (Phi) is 3.95. The Balaban J connectivity index is 2.18. The van der Waals surface area contributed by atoms with Crippen LogP contribution in [-0.4, -0.2) is 35.7 Å². The number of benzene rings is 2. The first-order valence-electron chi connectivity index (χ1n) is 7.09. The van der Waals surface area contributed by atoms with Crippen LogP contribution in [0.4, 0.5) is 5.69 Å². The van der Waals surface area contributed by atoms with E-state index in [1.807, 2.05) is 0 Å². The zero-order valence-electron chi connectivity index (χ0n) is 12.7. The van der Waals surface area contributed by atoms with Gasteiger partial charge in [0.05, 0.1) is 12.8 Å². The maximum absolute atomic E-state index is 12.9. The van der Waals surface area contributed by atoms with Crippen LogP contribution in [0.15, 0.2) is 42.5 Å². The van der Waals surface area contributed by atoms with E-state index in [4.69, 9.17) is 11.6 Å². The fourth-order valence-electron chi connectivity index (χ4n) is 2.86. The maximum atomic E-state index is 12.9. The van der Waals surface area contributed by atoms with Crippen LogP contribution in [0.2, 0.25) is 5.02 Å². The molecule has 24 heavy (non-hydrogen) atoms. The second kappa shape index (κ2) is 5.81. The van der Waals surface area contributed by atoms with Gasteiger partial charge in [-0.05, 0) is 18.2 Å². The minimum absolute atomic E-state index is 0.00304. The normalized spacial score (nSPS) is 19.3.